The topological polar surface area (TPSA) is 52.6 Å². The third kappa shape index (κ3) is 4.68. The molecule has 4 nitrogen and oxygen atoms in total. The maximum absolute atomic E-state index is 11.5. The molecule has 124 valence electrons. The highest BCUT2D eigenvalue weighted by atomic mass is 16.5. The molecule has 1 aromatic rings. The minimum Gasteiger partial charge on any atom is -0.462 e. The number of esters is 2. The number of carbonyl (C=O) groups is 2. The van der Waals surface area contributed by atoms with Crippen LogP contribution in [0.4, 0.5) is 0 Å². The van der Waals surface area contributed by atoms with E-state index in [1.807, 2.05) is 0 Å². The SMILES string of the molecule is C1=CC2CCC1C2.CCOC(=O)c1ccccc1C(=O)OCC. The van der Waals surface area contributed by atoms with Crippen LogP contribution in [0.2, 0.25) is 0 Å². The largest absolute Gasteiger partial charge is 0.462 e. The smallest absolute Gasteiger partial charge is 0.338 e. The van der Waals surface area contributed by atoms with E-state index in [0.717, 1.165) is 11.8 Å². The Morgan fingerprint density at radius 2 is 1.35 bits per heavy atom. The lowest BCUT2D eigenvalue weighted by Gasteiger charge is -2.07. The van der Waals surface area contributed by atoms with Crippen LogP contribution in [0.3, 0.4) is 0 Å². The fourth-order valence-electron chi connectivity index (χ4n) is 2.97. The van der Waals surface area contributed by atoms with Crippen LogP contribution in [0.5, 0.6) is 0 Å². The van der Waals surface area contributed by atoms with E-state index < -0.39 is 11.9 Å². The molecular formula is C19H24O4. The maximum Gasteiger partial charge on any atom is 0.338 e. The Hall–Kier alpha value is -2.10. The first-order valence-electron chi connectivity index (χ1n) is 8.27. The van der Waals surface area contributed by atoms with Gasteiger partial charge in [0.25, 0.3) is 0 Å². The van der Waals surface area contributed by atoms with Crippen molar-refractivity contribution in [1.82, 2.24) is 0 Å². The van der Waals surface area contributed by atoms with E-state index >= 15 is 0 Å². The van der Waals surface area contributed by atoms with E-state index in [2.05, 4.69) is 12.2 Å². The van der Waals surface area contributed by atoms with E-state index in [1.54, 1.807) is 38.1 Å². The summed E-state index contributed by atoms with van der Waals surface area (Å²) in [6, 6.07) is 6.44. The Morgan fingerprint density at radius 3 is 1.61 bits per heavy atom. The van der Waals surface area contributed by atoms with Gasteiger partial charge in [-0.15, -0.1) is 0 Å². The predicted molar refractivity (Wildman–Crippen MR) is 88.3 cm³/mol. The van der Waals surface area contributed by atoms with Crippen molar-refractivity contribution in [1.29, 1.82) is 0 Å². The van der Waals surface area contributed by atoms with Crippen LogP contribution in [0, 0.1) is 11.8 Å². The van der Waals surface area contributed by atoms with Crippen molar-refractivity contribution in [2.45, 2.75) is 33.1 Å². The van der Waals surface area contributed by atoms with Gasteiger partial charge in [0.15, 0.2) is 0 Å². The van der Waals surface area contributed by atoms with E-state index in [0.29, 0.717) is 0 Å². The summed E-state index contributed by atoms with van der Waals surface area (Å²) in [7, 11) is 0. The van der Waals surface area contributed by atoms with Crippen LogP contribution < -0.4 is 0 Å². The molecule has 0 N–H and O–H groups in total. The van der Waals surface area contributed by atoms with Gasteiger partial charge in [-0.3, -0.25) is 0 Å². The van der Waals surface area contributed by atoms with Crippen molar-refractivity contribution in [3.05, 3.63) is 47.5 Å². The van der Waals surface area contributed by atoms with Crippen molar-refractivity contribution in [2.75, 3.05) is 13.2 Å². The molecule has 1 saturated carbocycles. The molecule has 0 heterocycles. The first kappa shape index (κ1) is 17.3. The number of benzene rings is 1. The van der Waals surface area contributed by atoms with Gasteiger partial charge in [0.05, 0.1) is 24.3 Å². The summed E-state index contributed by atoms with van der Waals surface area (Å²) in [6.45, 7) is 3.97. The minimum absolute atomic E-state index is 0.239. The van der Waals surface area contributed by atoms with Crippen molar-refractivity contribution in [2.24, 2.45) is 11.8 Å². The molecular weight excluding hydrogens is 292 g/mol. The molecule has 0 amide bonds. The number of rotatable bonds is 4. The average molecular weight is 316 g/mol. The Bertz CT molecular complexity index is 527. The van der Waals surface area contributed by atoms with E-state index in [-0.39, 0.29) is 24.3 Å². The molecule has 0 spiro atoms. The lowest BCUT2D eigenvalue weighted by Crippen LogP contribution is -2.13. The van der Waals surface area contributed by atoms with E-state index in [9.17, 15) is 9.59 Å². The molecule has 2 atom stereocenters. The van der Waals surface area contributed by atoms with Crippen LogP contribution in [0.1, 0.15) is 53.8 Å². The van der Waals surface area contributed by atoms with Crippen LogP contribution in [0.25, 0.3) is 0 Å². The summed E-state index contributed by atoms with van der Waals surface area (Å²) in [5.74, 6) is 0.965. The minimum atomic E-state index is -0.508. The number of allylic oxidation sites excluding steroid dienone is 2. The standard InChI is InChI=1S/C12H14O4.C7H10/c1-3-15-11(13)9-7-5-6-8-10(9)12(14)16-4-2;1-2-7-4-3-6(1)5-7/h5-8H,3-4H2,1-2H3;1-2,6-7H,3-5H2. The predicted octanol–water partition coefficient (Wildman–Crippen LogP) is 4.01. The van der Waals surface area contributed by atoms with E-state index in [1.165, 1.54) is 19.3 Å². The van der Waals surface area contributed by atoms with Crippen LogP contribution >= 0.6 is 0 Å². The number of hydrogen-bond donors (Lipinski definition) is 0. The molecule has 0 aliphatic heterocycles. The summed E-state index contributed by atoms with van der Waals surface area (Å²) in [5, 5.41) is 0. The Labute approximate surface area is 137 Å². The lowest BCUT2D eigenvalue weighted by molar-refractivity contribution is 0.0479. The van der Waals surface area contributed by atoms with Crippen molar-refractivity contribution < 1.29 is 19.1 Å². The average Bonchev–Trinajstić information content (AvgIpc) is 3.21. The first-order valence-corrected chi connectivity index (χ1v) is 8.27. The fraction of sp³-hybridized carbons (Fsp3) is 0.474. The van der Waals surface area contributed by atoms with Gasteiger partial charge >= 0.3 is 11.9 Å². The first-order chi connectivity index (χ1) is 11.2. The highest BCUT2D eigenvalue weighted by Gasteiger charge is 2.25. The number of hydrogen-bond acceptors (Lipinski definition) is 4. The molecule has 1 aromatic carbocycles. The van der Waals surface area contributed by atoms with Crippen molar-refractivity contribution in [3.8, 4) is 0 Å². The van der Waals surface area contributed by atoms with Gasteiger partial charge in [-0.25, -0.2) is 9.59 Å². The molecule has 3 rings (SSSR count). The molecule has 0 radical (unpaired) electrons. The molecule has 0 aromatic heterocycles. The molecule has 4 heteroatoms. The summed E-state index contributed by atoms with van der Waals surface area (Å²) in [5.41, 5.74) is 0.477. The second kappa shape index (κ2) is 8.51. The van der Waals surface area contributed by atoms with Gasteiger partial charge in [0, 0.05) is 0 Å². The van der Waals surface area contributed by atoms with Crippen LogP contribution in [-0.2, 0) is 9.47 Å². The highest BCUT2D eigenvalue weighted by molar-refractivity contribution is 6.03. The van der Waals surface area contributed by atoms with Gasteiger partial charge in [-0.2, -0.15) is 0 Å². The third-order valence-electron chi connectivity index (χ3n) is 4.09. The van der Waals surface area contributed by atoms with Gasteiger partial charge in [0.1, 0.15) is 0 Å². The number of carbonyl (C=O) groups excluding carboxylic acids is 2. The third-order valence-corrected chi connectivity index (χ3v) is 4.09. The van der Waals surface area contributed by atoms with Crippen LogP contribution in [-0.4, -0.2) is 25.2 Å². The van der Waals surface area contributed by atoms with Gasteiger partial charge < -0.3 is 9.47 Å². The second-order valence-electron chi connectivity index (χ2n) is 5.70. The van der Waals surface area contributed by atoms with Gasteiger partial charge in [-0.1, -0.05) is 24.3 Å². The zero-order valence-electron chi connectivity index (χ0n) is 13.8. The zero-order valence-corrected chi connectivity index (χ0v) is 13.8. The van der Waals surface area contributed by atoms with Gasteiger partial charge in [-0.05, 0) is 57.1 Å². The molecule has 0 saturated heterocycles. The maximum atomic E-state index is 11.5. The molecule has 2 aliphatic rings. The molecule has 2 bridgehead atoms. The molecule has 2 aliphatic carbocycles. The quantitative estimate of drug-likeness (QED) is 0.622. The number of fused-ring (bicyclic) bond motifs is 2. The van der Waals surface area contributed by atoms with Crippen molar-refractivity contribution >= 4 is 11.9 Å². The molecule has 23 heavy (non-hydrogen) atoms. The van der Waals surface area contributed by atoms with Crippen LogP contribution in [0.15, 0.2) is 36.4 Å². The zero-order chi connectivity index (χ0) is 16.7. The Morgan fingerprint density at radius 1 is 0.913 bits per heavy atom. The number of ether oxygens (including phenoxy) is 2. The molecule has 2 unspecified atom stereocenters. The summed E-state index contributed by atoms with van der Waals surface area (Å²) in [4.78, 5) is 23.1. The Kier molecular flexibility index (Phi) is 6.39. The Balaban J connectivity index is 0.000000223. The summed E-state index contributed by atoms with van der Waals surface area (Å²) < 4.78 is 9.70. The normalized spacial score (nSPS) is 20.6. The van der Waals surface area contributed by atoms with E-state index in [4.69, 9.17) is 9.47 Å². The van der Waals surface area contributed by atoms with Gasteiger partial charge in [0.2, 0.25) is 0 Å². The van der Waals surface area contributed by atoms with Crippen molar-refractivity contribution in [3.63, 3.8) is 0 Å². The summed E-state index contributed by atoms with van der Waals surface area (Å²) in [6.07, 6.45) is 9.19. The fourth-order valence-corrected chi connectivity index (χ4v) is 2.97. The highest BCUT2D eigenvalue weighted by Crippen LogP contribution is 2.38. The molecule has 1 fully saturated rings. The monoisotopic (exact) mass is 316 g/mol. The second-order valence-corrected chi connectivity index (χ2v) is 5.70. The summed E-state index contributed by atoms with van der Waals surface area (Å²) >= 11 is 0. The lowest BCUT2D eigenvalue weighted by atomic mass is 10.1.